The second-order valence-electron chi connectivity index (χ2n) is 4.02. The molecule has 0 radical (unpaired) electrons. The molecule has 1 atom stereocenters. The van der Waals surface area contributed by atoms with Gasteiger partial charge in [0.05, 0.1) is 13.5 Å². The zero-order chi connectivity index (χ0) is 13.5. The number of hydrogen-bond donors (Lipinski definition) is 2. The molecule has 0 amide bonds. The summed E-state index contributed by atoms with van der Waals surface area (Å²) in [6.07, 6.45) is 0.723. The predicted octanol–water partition coefficient (Wildman–Crippen LogP) is 1.69. The van der Waals surface area contributed by atoms with Gasteiger partial charge in [0, 0.05) is 12.5 Å². The molecule has 19 heavy (non-hydrogen) atoms. The molecule has 0 saturated heterocycles. The minimum absolute atomic E-state index is 0. The maximum atomic E-state index is 11.1. The van der Waals surface area contributed by atoms with Crippen molar-refractivity contribution in [3.05, 3.63) is 35.4 Å². The van der Waals surface area contributed by atoms with Crippen molar-refractivity contribution >= 4 is 24.3 Å². The van der Waals surface area contributed by atoms with Crippen LogP contribution in [-0.2, 0) is 20.7 Å². The number of carboxylic acids is 1. The Morgan fingerprint density at radius 1 is 1.32 bits per heavy atom. The quantitative estimate of drug-likeness (QED) is 0.777. The monoisotopic (exact) mass is 287 g/mol. The van der Waals surface area contributed by atoms with Crippen LogP contribution in [0.3, 0.4) is 0 Å². The molecule has 1 aromatic rings. The molecule has 0 aromatic heterocycles. The first-order chi connectivity index (χ1) is 8.52. The molecular weight excluding hydrogens is 270 g/mol. The fraction of sp³-hybridized carbons (Fsp3) is 0.385. The largest absolute Gasteiger partial charge is 0.481 e. The number of aryl methyl sites for hydroxylation is 1. The number of benzene rings is 1. The molecule has 106 valence electrons. The van der Waals surface area contributed by atoms with Crippen molar-refractivity contribution in [2.45, 2.75) is 25.3 Å². The van der Waals surface area contributed by atoms with Crippen LogP contribution in [0.1, 0.15) is 30.0 Å². The van der Waals surface area contributed by atoms with Crippen LogP contribution in [0.25, 0.3) is 0 Å². The van der Waals surface area contributed by atoms with E-state index in [-0.39, 0.29) is 31.2 Å². The molecule has 0 aliphatic carbocycles. The third-order valence-corrected chi connectivity index (χ3v) is 2.65. The third-order valence-electron chi connectivity index (χ3n) is 2.65. The highest BCUT2D eigenvalue weighted by molar-refractivity contribution is 5.85. The first-order valence-electron chi connectivity index (χ1n) is 5.66. The molecule has 5 nitrogen and oxygen atoms in total. The van der Waals surface area contributed by atoms with Crippen LogP contribution in [0.15, 0.2) is 24.3 Å². The van der Waals surface area contributed by atoms with Crippen molar-refractivity contribution in [1.82, 2.24) is 0 Å². The van der Waals surface area contributed by atoms with Gasteiger partial charge in [-0.3, -0.25) is 9.59 Å². The molecule has 0 aliphatic rings. The summed E-state index contributed by atoms with van der Waals surface area (Å²) in [6.45, 7) is 0. The maximum Gasteiger partial charge on any atom is 0.307 e. The van der Waals surface area contributed by atoms with Crippen LogP contribution in [0, 0.1) is 0 Å². The first kappa shape index (κ1) is 17.4. The summed E-state index contributed by atoms with van der Waals surface area (Å²) < 4.78 is 4.55. The lowest BCUT2D eigenvalue weighted by molar-refractivity contribution is -0.141. The minimum Gasteiger partial charge on any atom is -0.481 e. The van der Waals surface area contributed by atoms with Crippen LogP contribution in [-0.4, -0.2) is 24.2 Å². The van der Waals surface area contributed by atoms with Gasteiger partial charge in [0.15, 0.2) is 0 Å². The molecule has 0 bridgehead atoms. The summed E-state index contributed by atoms with van der Waals surface area (Å²) in [4.78, 5) is 21.5. The SMILES string of the molecule is COC(=O)CC(N)c1ccc(CCC(=O)O)cc1.Cl. The van der Waals surface area contributed by atoms with E-state index in [1.54, 1.807) is 0 Å². The molecule has 0 heterocycles. The molecular formula is C13H18ClNO4. The Balaban J connectivity index is 0.00000324. The predicted molar refractivity (Wildman–Crippen MR) is 73.2 cm³/mol. The zero-order valence-electron chi connectivity index (χ0n) is 10.7. The van der Waals surface area contributed by atoms with E-state index >= 15 is 0 Å². The van der Waals surface area contributed by atoms with E-state index in [1.807, 2.05) is 24.3 Å². The number of methoxy groups -OCH3 is 1. The first-order valence-corrected chi connectivity index (χ1v) is 5.66. The normalized spacial score (nSPS) is 11.3. The second kappa shape index (κ2) is 8.50. The van der Waals surface area contributed by atoms with Crippen molar-refractivity contribution in [2.75, 3.05) is 7.11 Å². The fourth-order valence-electron chi connectivity index (χ4n) is 1.56. The van der Waals surface area contributed by atoms with Crippen LogP contribution in [0.2, 0.25) is 0 Å². The summed E-state index contributed by atoms with van der Waals surface area (Å²) >= 11 is 0. The second-order valence-corrected chi connectivity index (χ2v) is 4.02. The number of aliphatic carboxylic acids is 1. The number of carbonyl (C=O) groups excluding carboxylic acids is 1. The number of carboxylic acid groups (broad SMARTS) is 1. The van der Waals surface area contributed by atoms with Gasteiger partial charge in [-0.2, -0.15) is 0 Å². The molecule has 6 heteroatoms. The van der Waals surface area contributed by atoms with E-state index < -0.39 is 12.0 Å². The number of halogens is 1. The van der Waals surface area contributed by atoms with E-state index in [0.29, 0.717) is 6.42 Å². The van der Waals surface area contributed by atoms with Crippen molar-refractivity contribution < 1.29 is 19.4 Å². The van der Waals surface area contributed by atoms with Gasteiger partial charge in [0.1, 0.15) is 0 Å². The lowest BCUT2D eigenvalue weighted by atomic mass is 10.0. The van der Waals surface area contributed by atoms with E-state index in [9.17, 15) is 9.59 Å². The fourth-order valence-corrected chi connectivity index (χ4v) is 1.56. The topological polar surface area (TPSA) is 89.6 Å². The average molecular weight is 288 g/mol. The standard InChI is InChI=1S/C13H17NO4.ClH/c1-18-13(17)8-11(14)10-5-2-9(3-6-10)4-7-12(15)16;/h2-3,5-6,11H,4,7-8,14H2,1H3,(H,15,16);1H. The van der Waals surface area contributed by atoms with Crippen molar-refractivity contribution in [3.8, 4) is 0 Å². The van der Waals surface area contributed by atoms with Gasteiger partial charge in [-0.15, -0.1) is 12.4 Å². The van der Waals surface area contributed by atoms with Crippen LogP contribution >= 0.6 is 12.4 Å². The smallest absolute Gasteiger partial charge is 0.307 e. The average Bonchev–Trinajstić information content (AvgIpc) is 2.36. The van der Waals surface area contributed by atoms with Gasteiger partial charge in [0.25, 0.3) is 0 Å². The van der Waals surface area contributed by atoms with Crippen molar-refractivity contribution in [3.63, 3.8) is 0 Å². The van der Waals surface area contributed by atoms with Gasteiger partial charge >= 0.3 is 11.9 Å². The summed E-state index contributed by atoms with van der Waals surface area (Å²) in [5.41, 5.74) is 7.62. The lowest BCUT2D eigenvalue weighted by Gasteiger charge is -2.11. The molecule has 0 saturated carbocycles. The molecule has 1 aromatic carbocycles. The van der Waals surface area contributed by atoms with Crippen LogP contribution in [0.5, 0.6) is 0 Å². The van der Waals surface area contributed by atoms with Gasteiger partial charge in [-0.25, -0.2) is 0 Å². The van der Waals surface area contributed by atoms with Crippen molar-refractivity contribution in [1.29, 1.82) is 0 Å². The summed E-state index contributed by atoms with van der Waals surface area (Å²) in [6, 6.07) is 6.88. The van der Waals surface area contributed by atoms with E-state index in [1.165, 1.54) is 7.11 Å². The Morgan fingerprint density at radius 2 is 1.89 bits per heavy atom. The van der Waals surface area contributed by atoms with Gasteiger partial charge < -0.3 is 15.6 Å². The maximum absolute atomic E-state index is 11.1. The third kappa shape index (κ3) is 6.22. The molecule has 0 spiro atoms. The van der Waals surface area contributed by atoms with E-state index in [4.69, 9.17) is 10.8 Å². The molecule has 0 fully saturated rings. The Bertz CT molecular complexity index is 419. The lowest BCUT2D eigenvalue weighted by Crippen LogP contribution is -2.16. The molecule has 3 N–H and O–H groups in total. The van der Waals surface area contributed by atoms with Crippen LogP contribution < -0.4 is 5.73 Å². The number of rotatable bonds is 6. The van der Waals surface area contributed by atoms with Gasteiger partial charge in [-0.1, -0.05) is 24.3 Å². The highest BCUT2D eigenvalue weighted by atomic mass is 35.5. The number of ether oxygens (including phenoxy) is 1. The molecule has 1 rings (SSSR count). The van der Waals surface area contributed by atoms with E-state index in [2.05, 4.69) is 4.74 Å². The highest BCUT2D eigenvalue weighted by Crippen LogP contribution is 2.16. The Kier molecular flexibility index (Phi) is 7.79. The minimum atomic E-state index is -0.818. The number of nitrogens with two attached hydrogens (primary N) is 1. The zero-order valence-corrected chi connectivity index (χ0v) is 11.5. The Morgan fingerprint density at radius 3 is 2.37 bits per heavy atom. The number of esters is 1. The Labute approximate surface area is 118 Å². The van der Waals surface area contributed by atoms with E-state index in [0.717, 1.165) is 11.1 Å². The van der Waals surface area contributed by atoms with Gasteiger partial charge in [0.2, 0.25) is 0 Å². The number of carbonyl (C=O) groups is 2. The number of hydrogen-bond acceptors (Lipinski definition) is 4. The summed E-state index contributed by atoms with van der Waals surface area (Å²) in [5, 5.41) is 8.57. The van der Waals surface area contributed by atoms with Crippen molar-refractivity contribution in [2.24, 2.45) is 5.73 Å². The van der Waals surface area contributed by atoms with Crippen LogP contribution in [0.4, 0.5) is 0 Å². The highest BCUT2D eigenvalue weighted by Gasteiger charge is 2.11. The Hall–Kier alpha value is -1.59. The van der Waals surface area contributed by atoms with Gasteiger partial charge in [-0.05, 0) is 17.5 Å². The summed E-state index contributed by atoms with van der Waals surface area (Å²) in [5.74, 6) is -1.17. The summed E-state index contributed by atoms with van der Waals surface area (Å²) in [7, 11) is 1.32. The molecule has 0 aliphatic heterocycles. The molecule has 1 unspecified atom stereocenters.